The largest absolute Gasteiger partial charge is 0.451 e. The Morgan fingerprint density at radius 2 is 2.04 bits per heavy atom. The van der Waals surface area contributed by atoms with Crippen LogP contribution in [0.2, 0.25) is 0 Å². The molecular weight excluding hydrogens is 304 g/mol. The van der Waals surface area contributed by atoms with E-state index in [1.807, 2.05) is 43.3 Å². The van der Waals surface area contributed by atoms with Gasteiger partial charge in [0.05, 0.1) is 6.10 Å². The maximum absolute atomic E-state index is 12.7. The van der Waals surface area contributed by atoms with Crippen LogP contribution in [0.15, 0.2) is 28.7 Å². The van der Waals surface area contributed by atoms with E-state index in [1.54, 1.807) is 0 Å². The van der Waals surface area contributed by atoms with Gasteiger partial charge in [-0.15, -0.1) is 0 Å². The summed E-state index contributed by atoms with van der Waals surface area (Å²) < 4.78 is 5.83. The van der Waals surface area contributed by atoms with Crippen LogP contribution < -0.4 is 5.32 Å². The van der Waals surface area contributed by atoms with Gasteiger partial charge in [-0.05, 0) is 33.0 Å². The molecule has 2 atom stereocenters. The number of amides is 1. The zero-order valence-corrected chi connectivity index (χ0v) is 14.4. The summed E-state index contributed by atoms with van der Waals surface area (Å²) in [6, 6.07) is 7.73. The first-order valence-electron chi connectivity index (χ1n) is 8.67. The minimum atomic E-state index is -0.309. The minimum Gasteiger partial charge on any atom is -0.451 e. The number of hydrogen-bond donors (Lipinski definition) is 2. The molecular formula is C19H26N2O3. The van der Waals surface area contributed by atoms with Crippen molar-refractivity contribution in [2.24, 2.45) is 5.92 Å². The highest BCUT2D eigenvalue weighted by molar-refractivity contribution is 5.99. The first kappa shape index (κ1) is 17.0. The molecule has 2 unspecified atom stereocenters. The van der Waals surface area contributed by atoms with Crippen LogP contribution in [0.1, 0.15) is 41.8 Å². The SMILES string of the molecule is CN(C)Cc1c(C(=O)NCC2CCCCC2O)oc2ccccc12. The summed E-state index contributed by atoms with van der Waals surface area (Å²) in [6.45, 7) is 1.14. The molecule has 2 N–H and O–H groups in total. The second kappa shape index (κ2) is 7.36. The van der Waals surface area contributed by atoms with Crippen LogP contribution in [0.4, 0.5) is 0 Å². The Morgan fingerprint density at radius 1 is 1.29 bits per heavy atom. The highest BCUT2D eigenvalue weighted by Gasteiger charge is 2.25. The van der Waals surface area contributed by atoms with Gasteiger partial charge in [0.1, 0.15) is 5.58 Å². The van der Waals surface area contributed by atoms with Gasteiger partial charge in [0.15, 0.2) is 5.76 Å². The molecule has 0 bridgehead atoms. The van der Waals surface area contributed by atoms with E-state index < -0.39 is 0 Å². The van der Waals surface area contributed by atoms with E-state index in [9.17, 15) is 9.90 Å². The zero-order chi connectivity index (χ0) is 17.1. The van der Waals surface area contributed by atoms with Crippen molar-refractivity contribution in [3.05, 3.63) is 35.6 Å². The molecule has 5 heteroatoms. The molecule has 0 spiro atoms. The number of carbonyl (C=O) groups excluding carboxylic acids is 1. The lowest BCUT2D eigenvalue weighted by Crippen LogP contribution is -2.36. The molecule has 1 fully saturated rings. The molecule has 1 aromatic carbocycles. The summed E-state index contributed by atoms with van der Waals surface area (Å²) in [5.41, 5.74) is 1.65. The maximum Gasteiger partial charge on any atom is 0.287 e. The summed E-state index contributed by atoms with van der Waals surface area (Å²) >= 11 is 0. The average Bonchev–Trinajstić information content (AvgIpc) is 2.92. The number of aliphatic hydroxyl groups excluding tert-OH is 1. The molecule has 1 heterocycles. The normalized spacial score (nSPS) is 21.3. The maximum atomic E-state index is 12.7. The third-order valence-electron chi connectivity index (χ3n) is 4.77. The number of nitrogens with one attached hydrogen (secondary N) is 1. The molecule has 1 aromatic heterocycles. The number of carbonyl (C=O) groups is 1. The number of fused-ring (bicyclic) bond motifs is 1. The van der Waals surface area contributed by atoms with Crippen LogP contribution in [0.25, 0.3) is 11.0 Å². The molecule has 3 rings (SSSR count). The summed E-state index contributed by atoms with van der Waals surface area (Å²) in [7, 11) is 3.95. The van der Waals surface area contributed by atoms with Crippen molar-refractivity contribution >= 4 is 16.9 Å². The first-order chi connectivity index (χ1) is 11.6. The second-order valence-electron chi connectivity index (χ2n) is 6.97. The first-order valence-corrected chi connectivity index (χ1v) is 8.67. The van der Waals surface area contributed by atoms with Crippen molar-refractivity contribution in [3.63, 3.8) is 0 Å². The number of para-hydroxylation sites is 1. The van der Waals surface area contributed by atoms with Crippen LogP contribution in [0.5, 0.6) is 0 Å². The van der Waals surface area contributed by atoms with Gasteiger partial charge in [0.2, 0.25) is 0 Å². The molecule has 1 aliphatic rings. The van der Waals surface area contributed by atoms with Gasteiger partial charge >= 0.3 is 0 Å². The summed E-state index contributed by atoms with van der Waals surface area (Å²) in [4.78, 5) is 14.7. The topological polar surface area (TPSA) is 65.7 Å². The number of aliphatic hydroxyl groups is 1. The number of hydrogen-bond acceptors (Lipinski definition) is 4. The van der Waals surface area contributed by atoms with Gasteiger partial charge in [-0.25, -0.2) is 0 Å². The van der Waals surface area contributed by atoms with Crippen molar-refractivity contribution < 1.29 is 14.3 Å². The molecule has 0 radical (unpaired) electrons. The quantitative estimate of drug-likeness (QED) is 0.885. The van der Waals surface area contributed by atoms with Crippen LogP contribution in [-0.2, 0) is 6.54 Å². The van der Waals surface area contributed by atoms with E-state index >= 15 is 0 Å². The molecule has 24 heavy (non-hydrogen) atoms. The number of rotatable bonds is 5. The third-order valence-corrected chi connectivity index (χ3v) is 4.77. The minimum absolute atomic E-state index is 0.143. The van der Waals surface area contributed by atoms with Gasteiger partial charge in [-0.3, -0.25) is 4.79 Å². The fraction of sp³-hybridized carbons (Fsp3) is 0.526. The van der Waals surface area contributed by atoms with Gasteiger partial charge < -0.3 is 19.7 Å². The van der Waals surface area contributed by atoms with Crippen LogP contribution in [-0.4, -0.2) is 42.7 Å². The summed E-state index contributed by atoms with van der Waals surface area (Å²) in [5, 5.41) is 14.0. The molecule has 1 amide bonds. The van der Waals surface area contributed by atoms with Gasteiger partial charge in [-0.2, -0.15) is 0 Å². The third kappa shape index (κ3) is 3.62. The Bertz CT molecular complexity index is 708. The van der Waals surface area contributed by atoms with Crippen molar-refractivity contribution in [2.75, 3.05) is 20.6 Å². The standard InChI is InChI=1S/C19H26N2O3/c1-21(2)12-15-14-8-4-6-10-17(14)24-18(15)19(23)20-11-13-7-3-5-9-16(13)22/h4,6,8,10,13,16,22H,3,5,7,9,11-12H2,1-2H3,(H,20,23). The monoisotopic (exact) mass is 330 g/mol. The molecule has 5 nitrogen and oxygen atoms in total. The smallest absolute Gasteiger partial charge is 0.287 e. The summed E-state index contributed by atoms with van der Waals surface area (Å²) in [6.07, 6.45) is 3.68. The van der Waals surface area contributed by atoms with E-state index in [-0.39, 0.29) is 17.9 Å². The number of nitrogens with zero attached hydrogens (tertiary/aromatic N) is 1. The molecule has 1 aliphatic carbocycles. The van der Waals surface area contributed by atoms with Gasteiger partial charge in [-0.1, -0.05) is 31.0 Å². The van der Waals surface area contributed by atoms with Crippen LogP contribution >= 0.6 is 0 Å². The van der Waals surface area contributed by atoms with E-state index in [1.165, 1.54) is 0 Å². The van der Waals surface area contributed by atoms with Crippen LogP contribution in [0, 0.1) is 5.92 Å². The molecule has 0 aliphatic heterocycles. The van der Waals surface area contributed by atoms with Gasteiger partial charge in [0.25, 0.3) is 5.91 Å². The van der Waals surface area contributed by atoms with Crippen molar-refractivity contribution in [2.45, 2.75) is 38.3 Å². The summed E-state index contributed by atoms with van der Waals surface area (Å²) in [5.74, 6) is 0.334. The predicted molar refractivity (Wildman–Crippen MR) is 93.9 cm³/mol. The van der Waals surface area contributed by atoms with Crippen molar-refractivity contribution in [3.8, 4) is 0 Å². The van der Waals surface area contributed by atoms with E-state index in [2.05, 4.69) is 5.32 Å². The predicted octanol–water partition coefficient (Wildman–Crippen LogP) is 2.78. The molecule has 0 saturated heterocycles. The second-order valence-corrected chi connectivity index (χ2v) is 6.97. The Hall–Kier alpha value is -1.85. The Labute approximate surface area is 142 Å². The highest BCUT2D eigenvalue weighted by atomic mass is 16.3. The Balaban J connectivity index is 1.78. The van der Waals surface area contributed by atoms with Crippen LogP contribution in [0.3, 0.4) is 0 Å². The van der Waals surface area contributed by atoms with Crippen molar-refractivity contribution in [1.29, 1.82) is 0 Å². The van der Waals surface area contributed by atoms with E-state index in [4.69, 9.17) is 4.42 Å². The van der Waals surface area contributed by atoms with Crippen molar-refractivity contribution in [1.82, 2.24) is 10.2 Å². The zero-order valence-electron chi connectivity index (χ0n) is 14.4. The lowest BCUT2D eigenvalue weighted by atomic mass is 9.86. The van der Waals surface area contributed by atoms with E-state index in [0.29, 0.717) is 18.8 Å². The van der Waals surface area contributed by atoms with Gasteiger partial charge in [0, 0.05) is 30.0 Å². The number of furan rings is 1. The Kier molecular flexibility index (Phi) is 5.21. The highest BCUT2D eigenvalue weighted by Crippen LogP contribution is 2.27. The molecule has 130 valence electrons. The molecule has 1 saturated carbocycles. The fourth-order valence-electron chi connectivity index (χ4n) is 3.49. The Morgan fingerprint density at radius 3 is 2.79 bits per heavy atom. The lowest BCUT2D eigenvalue weighted by molar-refractivity contribution is 0.0656. The lowest BCUT2D eigenvalue weighted by Gasteiger charge is -2.27. The number of benzene rings is 1. The average molecular weight is 330 g/mol. The van der Waals surface area contributed by atoms with E-state index in [0.717, 1.165) is 42.2 Å². The molecule has 2 aromatic rings. The fourth-order valence-corrected chi connectivity index (χ4v) is 3.49.